The normalized spacial score (nSPS) is 20.7. The zero-order valence-corrected chi connectivity index (χ0v) is 26.0. The van der Waals surface area contributed by atoms with Crippen molar-refractivity contribution in [1.29, 1.82) is 0 Å². The average molecular weight is 632 g/mol. The van der Waals surface area contributed by atoms with E-state index in [4.69, 9.17) is 14.5 Å². The summed E-state index contributed by atoms with van der Waals surface area (Å²) in [5.74, 6) is -1.36. The van der Waals surface area contributed by atoms with Crippen LogP contribution in [-0.2, 0) is 19.5 Å². The number of methoxy groups -OCH3 is 2. The van der Waals surface area contributed by atoms with Crippen molar-refractivity contribution in [2.24, 2.45) is 11.8 Å². The van der Waals surface area contributed by atoms with E-state index in [0.717, 1.165) is 63.8 Å². The lowest BCUT2D eigenvalue weighted by atomic mass is 10.1. The lowest BCUT2D eigenvalue weighted by molar-refractivity contribution is 0.0795. The van der Waals surface area contributed by atoms with E-state index in [2.05, 4.69) is 30.9 Å². The Morgan fingerprint density at radius 2 is 1.89 bits per heavy atom. The molecule has 3 atom stereocenters. The molecule has 1 aromatic carbocycles. The van der Waals surface area contributed by atoms with E-state index >= 15 is 0 Å². The molecule has 240 valence electrons. The lowest BCUT2D eigenvalue weighted by Gasteiger charge is -2.20. The number of aryl methyl sites for hydroxylation is 2. The van der Waals surface area contributed by atoms with Crippen LogP contribution >= 0.6 is 0 Å². The summed E-state index contributed by atoms with van der Waals surface area (Å²) in [6.07, 6.45) is 4.78. The molecule has 1 aliphatic heterocycles. The van der Waals surface area contributed by atoms with E-state index in [0.29, 0.717) is 19.0 Å². The number of piperidine rings is 1. The summed E-state index contributed by atoms with van der Waals surface area (Å²) < 4.78 is 39.6. The number of carbonyl (C=O) groups is 1. The Kier molecular flexibility index (Phi) is 7.44. The minimum atomic E-state index is -2.55. The van der Waals surface area contributed by atoms with Gasteiger partial charge in [0.25, 0.3) is 11.8 Å². The molecule has 1 saturated heterocycles. The number of fused-ring (bicyclic) bond motifs is 2. The number of halogens is 2. The first-order valence-corrected chi connectivity index (χ1v) is 15.3. The molecule has 3 aliphatic rings. The maximum atomic E-state index is 13.6. The fraction of sp³-hybridized carbons (Fsp3) is 0.438. The molecule has 3 aromatic heterocycles. The number of nitrogens with one attached hydrogen (secondary N) is 2. The molecule has 4 aromatic rings. The summed E-state index contributed by atoms with van der Waals surface area (Å²) in [4.78, 5) is 28.8. The Morgan fingerprint density at radius 1 is 1.09 bits per heavy atom. The van der Waals surface area contributed by atoms with Gasteiger partial charge in [-0.25, -0.2) is 28.4 Å². The van der Waals surface area contributed by atoms with Crippen LogP contribution < -0.4 is 25.0 Å². The third-order valence-corrected chi connectivity index (χ3v) is 9.25. The van der Waals surface area contributed by atoms with Gasteiger partial charge in [0.05, 0.1) is 44.8 Å². The number of pyridine rings is 1. The summed E-state index contributed by atoms with van der Waals surface area (Å²) in [7, 11) is 3.25. The van der Waals surface area contributed by atoms with E-state index in [1.54, 1.807) is 31.3 Å². The number of anilines is 2. The highest BCUT2D eigenvalue weighted by molar-refractivity contribution is 5.92. The molecule has 12 nitrogen and oxygen atoms in total. The Labute approximate surface area is 264 Å². The molecular weight excluding hydrogens is 596 g/mol. The molecule has 14 heteroatoms. The highest BCUT2D eigenvalue weighted by atomic mass is 19.3. The van der Waals surface area contributed by atoms with Crippen molar-refractivity contribution < 1.29 is 23.0 Å². The van der Waals surface area contributed by atoms with E-state index in [9.17, 15) is 13.6 Å². The smallest absolute Gasteiger partial charge is 0.273 e. The van der Waals surface area contributed by atoms with E-state index in [1.165, 1.54) is 0 Å². The molecule has 1 saturated carbocycles. The number of carbonyl (C=O) groups excluding carboxylic acids is 1. The topological polar surface area (TPSA) is 132 Å². The number of ether oxygens (including phenoxy) is 2. The fourth-order valence-corrected chi connectivity index (χ4v) is 6.56. The molecule has 1 amide bonds. The Balaban J connectivity index is 0.987. The number of rotatable bonds is 10. The minimum Gasteiger partial charge on any atom is -0.497 e. The quantitative estimate of drug-likeness (QED) is 0.266. The summed E-state index contributed by atoms with van der Waals surface area (Å²) in [6.45, 7) is 5.17. The number of nitrogens with zero attached hydrogens (tertiary/aromatic N) is 7. The second-order valence-electron chi connectivity index (χ2n) is 12.2. The van der Waals surface area contributed by atoms with Gasteiger partial charge in [-0.15, -0.1) is 5.10 Å². The van der Waals surface area contributed by atoms with Gasteiger partial charge in [-0.1, -0.05) is 5.21 Å². The standard InChI is InChI=1S/C32H35F2N9O3/c1-17-9-23-22(29(37-17)35-11-19-5-6-21(45-3)10-28(19)46-4)7-8-26(23)39-30(44)27-16-43(41-40-27)13-20-12-36-31(38-18(20)2)42-14-24-25(15-42)32(24,33)34/h5-6,9-10,12,16,24-26H,7-8,11,13-15H2,1-4H3,(H,35,37)(H,39,44)/t24?,25?,26-/m1/s1. The highest BCUT2D eigenvalue weighted by Gasteiger charge is 2.72. The molecule has 0 radical (unpaired) electrons. The van der Waals surface area contributed by atoms with Gasteiger partial charge in [-0.2, -0.15) is 0 Å². The maximum absolute atomic E-state index is 13.6. The number of alkyl halides is 2. The third kappa shape index (κ3) is 5.45. The first kappa shape index (κ1) is 29.8. The summed E-state index contributed by atoms with van der Waals surface area (Å²) >= 11 is 0. The maximum Gasteiger partial charge on any atom is 0.273 e. The van der Waals surface area contributed by atoms with Gasteiger partial charge in [0.2, 0.25) is 5.95 Å². The van der Waals surface area contributed by atoms with Gasteiger partial charge in [0.15, 0.2) is 5.69 Å². The monoisotopic (exact) mass is 631 g/mol. The van der Waals surface area contributed by atoms with Crippen LogP contribution in [0.1, 0.15) is 56.6 Å². The van der Waals surface area contributed by atoms with Crippen LogP contribution in [-0.4, -0.2) is 69.1 Å². The van der Waals surface area contributed by atoms with Gasteiger partial charge < -0.3 is 25.0 Å². The zero-order chi connectivity index (χ0) is 32.2. The van der Waals surface area contributed by atoms with Crippen molar-refractivity contribution >= 4 is 17.7 Å². The SMILES string of the molecule is COc1ccc(CNc2nc(C)cc3c2CC[C@H]3NC(=O)c2cn(Cc3cnc(N4CC5C(C4)C5(F)F)nc3C)nn2)c(OC)c1. The van der Waals surface area contributed by atoms with Crippen molar-refractivity contribution in [1.82, 2.24) is 35.3 Å². The van der Waals surface area contributed by atoms with Gasteiger partial charge in [0.1, 0.15) is 17.3 Å². The molecule has 0 spiro atoms. The predicted molar refractivity (Wildman–Crippen MR) is 164 cm³/mol. The summed E-state index contributed by atoms with van der Waals surface area (Å²) in [5, 5.41) is 14.8. The van der Waals surface area contributed by atoms with Crippen molar-refractivity contribution in [3.05, 3.63) is 76.0 Å². The molecule has 7 rings (SSSR count). The summed E-state index contributed by atoms with van der Waals surface area (Å²) in [6, 6.07) is 7.53. The van der Waals surface area contributed by atoms with E-state index in [-0.39, 0.29) is 30.7 Å². The fourth-order valence-electron chi connectivity index (χ4n) is 6.56. The van der Waals surface area contributed by atoms with Crippen molar-refractivity contribution in [2.75, 3.05) is 37.5 Å². The number of hydrogen-bond acceptors (Lipinski definition) is 10. The first-order chi connectivity index (χ1) is 22.1. The number of hydrogen-bond donors (Lipinski definition) is 2. The van der Waals surface area contributed by atoms with Crippen LogP contribution in [0.3, 0.4) is 0 Å². The second-order valence-corrected chi connectivity index (χ2v) is 12.2. The van der Waals surface area contributed by atoms with Crippen LogP contribution in [0.4, 0.5) is 20.5 Å². The van der Waals surface area contributed by atoms with Gasteiger partial charge in [-0.3, -0.25) is 4.79 Å². The van der Waals surface area contributed by atoms with Crippen molar-refractivity contribution in [2.45, 2.75) is 51.7 Å². The van der Waals surface area contributed by atoms with Gasteiger partial charge in [0, 0.05) is 54.4 Å². The molecular formula is C32H35F2N9O3. The largest absolute Gasteiger partial charge is 0.497 e. The first-order valence-electron chi connectivity index (χ1n) is 15.3. The van der Waals surface area contributed by atoms with Gasteiger partial charge in [-0.05, 0) is 56.0 Å². The minimum absolute atomic E-state index is 0.190. The van der Waals surface area contributed by atoms with Crippen LogP contribution in [0.15, 0.2) is 36.7 Å². The van der Waals surface area contributed by atoms with Crippen molar-refractivity contribution in [3.63, 3.8) is 0 Å². The zero-order valence-electron chi connectivity index (χ0n) is 26.0. The molecule has 46 heavy (non-hydrogen) atoms. The molecule has 2 N–H and O–H groups in total. The molecule has 4 heterocycles. The molecule has 2 unspecified atom stereocenters. The Bertz CT molecular complexity index is 1800. The van der Waals surface area contributed by atoms with E-state index < -0.39 is 17.8 Å². The predicted octanol–water partition coefficient (Wildman–Crippen LogP) is 3.88. The number of benzene rings is 1. The Hall–Kier alpha value is -4.88. The number of amides is 1. The number of aromatic nitrogens is 6. The van der Waals surface area contributed by atoms with Crippen LogP contribution in [0.25, 0.3) is 0 Å². The summed E-state index contributed by atoms with van der Waals surface area (Å²) in [5.41, 5.74) is 5.65. The molecule has 2 fully saturated rings. The third-order valence-electron chi connectivity index (χ3n) is 9.25. The van der Waals surface area contributed by atoms with E-state index in [1.807, 2.05) is 43.0 Å². The van der Waals surface area contributed by atoms with Crippen LogP contribution in [0.2, 0.25) is 0 Å². The average Bonchev–Trinajstić information content (AvgIpc) is 3.61. The van der Waals surface area contributed by atoms with Crippen LogP contribution in [0, 0.1) is 25.7 Å². The second kappa shape index (κ2) is 11.5. The molecule has 0 bridgehead atoms. The van der Waals surface area contributed by atoms with Gasteiger partial charge >= 0.3 is 0 Å². The Morgan fingerprint density at radius 3 is 2.63 bits per heavy atom. The highest BCUT2D eigenvalue weighted by Crippen LogP contribution is 2.59. The lowest BCUT2D eigenvalue weighted by Crippen LogP contribution is -2.29. The van der Waals surface area contributed by atoms with Crippen molar-refractivity contribution in [3.8, 4) is 11.5 Å². The van der Waals surface area contributed by atoms with Crippen LogP contribution in [0.5, 0.6) is 11.5 Å². The molecule has 2 aliphatic carbocycles.